The summed E-state index contributed by atoms with van der Waals surface area (Å²) in [5, 5.41) is 0.430. The van der Waals surface area contributed by atoms with Crippen molar-refractivity contribution in [2.45, 2.75) is 19.4 Å². The molecule has 0 fully saturated rings. The van der Waals surface area contributed by atoms with Crippen LogP contribution >= 0.6 is 0 Å². The van der Waals surface area contributed by atoms with E-state index in [1.807, 2.05) is 30.4 Å². The van der Waals surface area contributed by atoms with Gasteiger partial charge in [0.1, 0.15) is 5.82 Å². The van der Waals surface area contributed by atoms with Crippen molar-refractivity contribution in [2.75, 3.05) is 4.90 Å². The third kappa shape index (κ3) is 3.16. The Hall–Kier alpha value is -3.80. The average Bonchev–Trinajstić information content (AvgIpc) is 3.08. The highest BCUT2D eigenvalue weighted by Gasteiger charge is 2.28. The van der Waals surface area contributed by atoms with Crippen LogP contribution in [0.1, 0.15) is 23.6 Å². The fourth-order valence-electron chi connectivity index (χ4n) is 3.98. The summed E-state index contributed by atoms with van der Waals surface area (Å²) in [7, 11) is 0. The molecule has 5 nitrogen and oxygen atoms in total. The summed E-state index contributed by atoms with van der Waals surface area (Å²) in [5.74, 6) is 0.213. The molecule has 0 saturated carbocycles. The maximum Gasteiger partial charge on any atom is 0.262 e. The highest BCUT2D eigenvalue weighted by atomic mass is 19.1. The number of H-pyrrole nitrogens is 1. The number of halogens is 1. The van der Waals surface area contributed by atoms with Crippen molar-refractivity contribution in [3.63, 3.8) is 0 Å². The minimum Gasteiger partial charge on any atom is -0.309 e. The summed E-state index contributed by atoms with van der Waals surface area (Å²) in [6.45, 7) is 2.11. The van der Waals surface area contributed by atoms with Crippen molar-refractivity contribution < 1.29 is 4.39 Å². The number of pyridine rings is 1. The van der Waals surface area contributed by atoms with E-state index in [1.54, 1.807) is 24.4 Å². The second-order valence-electron chi connectivity index (χ2n) is 7.43. The first-order valence-corrected chi connectivity index (χ1v) is 9.80. The maximum atomic E-state index is 13.1. The van der Waals surface area contributed by atoms with Gasteiger partial charge in [-0.1, -0.05) is 42.5 Å². The largest absolute Gasteiger partial charge is 0.309 e. The molecule has 2 aromatic carbocycles. The molecule has 1 N–H and O–H groups in total. The molecule has 30 heavy (non-hydrogen) atoms. The number of fused-ring (bicyclic) bond motifs is 2. The van der Waals surface area contributed by atoms with Gasteiger partial charge in [-0.05, 0) is 54.3 Å². The van der Waals surface area contributed by atoms with Gasteiger partial charge in [-0.2, -0.15) is 4.98 Å². The summed E-state index contributed by atoms with van der Waals surface area (Å²) in [6, 6.07) is 16.3. The summed E-state index contributed by atoms with van der Waals surface area (Å²) >= 11 is 0. The Kier molecular flexibility index (Phi) is 4.39. The summed E-state index contributed by atoms with van der Waals surface area (Å²) in [5.41, 5.74) is 3.99. The van der Waals surface area contributed by atoms with E-state index in [0.717, 1.165) is 17.7 Å². The van der Waals surface area contributed by atoms with E-state index in [2.05, 4.69) is 32.8 Å². The number of aromatic nitrogens is 3. The quantitative estimate of drug-likeness (QED) is 0.543. The lowest BCUT2D eigenvalue weighted by Crippen LogP contribution is -2.28. The van der Waals surface area contributed by atoms with Crippen LogP contribution in [0.4, 0.5) is 16.0 Å². The van der Waals surface area contributed by atoms with Gasteiger partial charge in [0.25, 0.3) is 5.56 Å². The number of nitrogens with zero attached hydrogens (tertiary/aromatic N) is 3. The Labute approximate surface area is 172 Å². The highest BCUT2D eigenvalue weighted by Crippen LogP contribution is 2.36. The molecule has 2 aromatic heterocycles. The summed E-state index contributed by atoms with van der Waals surface area (Å²) < 4.78 is 13.1. The Balaban J connectivity index is 1.58. The molecule has 1 aliphatic heterocycles. The Morgan fingerprint density at radius 2 is 1.90 bits per heavy atom. The first kappa shape index (κ1) is 18.2. The number of anilines is 2. The van der Waals surface area contributed by atoms with Crippen LogP contribution in [0, 0.1) is 5.82 Å². The molecule has 0 amide bonds. The molecular formula is C24H19FN4O. The van der Waals surface area contributed by atoms with E-state index in [4.69, 9.17) is 0 Å². The topological polar surface area (TPSA) is 61.9 Å². The molecule has 3 heterocycles. The molecule has 0 bridgehead atoms. The van der Waals surface area contributed by atoms with Gasteiger partial charge in [-0.25, -0.2) is 9.37 Å². The van der Waals surface area contributed by atoms with E-state index in [-0.39, 0.29) is 17.4 Å². The number of hydrogen-bond donors (Lipinski definition) is 1. The lowest BCUT2D eigenvalue weighted by molar-refractivity contribution is 0.628. The van der Waals surface area contributed by atoms with Crippen LogP contribution in [-0.2, 0) is 6.42 Å². The third-order valence-electron chi connectivity index (χ3n) is 5.39. The number of aromatic amines is 1. The minimum atomic E-state index is -0.285. The SMILES string of the molecule is C[C@H]1Cc2ccccc2N1c1nc2nccc(/C=C/c3ccc(F)cc3)c2c(=O)[nH]1. The van der Waals surface area contributed by atoms with Gasteiger partial charge in [0, 0.05) is 17.9 Å². The van der Waals surface area contributed by atoms with Crippen molar-refractivity contribution in [1.29, 1.82) is 0 Å². The Bertz CT molecular complexity index is 1330. The molecule has 6 heteroatoms. The zero-order chi connectivity index (χ0) is 20.7. The summed E-state index contributed by atoms with van der Waals surface area (Å²) in [4.78, 5) is 27.0. The first-order valence-electron chi connectivity index (χ1n) is 9.80. The molecule has 1 aliphatic rings. The number of benzene rings is 2. The second-order valence-corrected chi connectivity index (χ2v) is 7.43. The van der Waals surface area contributed by atoms with Crippen LogP contribution in [0.15, 0.2) is 65.6 Å². The number of rotatable bonds is 3. The smallest absolute Gasteiger partial charge is 0.262 e. The van der Waals surface area contributed by atoms with E-state index in [9.17, 15) is 9.18 Å². The van der Waals surface area contributed by atoms with Crippen LogP contribution in [0.5, 0.6) is 0 Å². The van der Waals surface area contributed by atoms with Gasteiger partial charge in [-0.3, -0.25) is 9.78 Å². The minimum absolute atomic E-state index is 0.185. The lowest BCUT2D eigenvalue weighted by Gasteiger charge is -2.23. The highest BCUT2D eigenvalue weighted by molar-refractivity contribution is 5.88. The monoisotopic (exact) mass is 398 g/mol. The molecule has 0 unspecified atom stereocenters. The van der Waals surface area contributed by atoms with E-state index >= 15 is 0 Å². The van der Waals surface area contributed by atoms with Crippen LogP contribution in [0.2, 0.25) is 0 Å². The zero-order valence-corrected chi connectivity index (χ0v) is 16.3. The van der Waals surface area contributed by atoms with Gasteiger partial charge in [0.15, 0.2) is 5.65 Å². The Morgan fingerprint density at radius 1 is 1.10 bits per heavy atom. The van der Waals surface area contributed by atoms with Crippen LogP contribution in [-0.4, -0.2) is 21.0 Å². The van der Waals surface area contributed by atoms with Crippen LogP contribution < -0.4 is 10.5 Å². The van der Waals surface area contributed by atoms with Crippen molar-refractivity contribution in [1.82, 2.24) is 15.0 Å². The molecule has 0 spiro atoms. The van der Waals surface area contributed by atoms with Crippen LogP contribution in [0.3, 0.4) is 0 Å². The number of nitrogens with one attached hydrogen (secondary N) is 1. The zero-order valence-electron chi connectivity index (χ0n) is 16.3. The lowest BCUT2D eigenvalue weighted by atomic mass is 10.1. The van der Waals surface area contributed by atoms with Crippen molar-refractivity contribution in [3.05, 3.63) is 93.7 Å². The van der Waals surface area contributed by atoms with E-state index < -0.39 is 0 Å². The van der Waals surface area contributed by atoms with E-state index in [1.165, 1.54) is 17.7 Å². The molecule has 0 aliphatic carbocycles. The van der Waals surface area contributed by atoms with Gasteiger partial charge in [0.05, 0.1) is 5.39 Å². The molecule has 5 rings (SSSR count). The second kappa shape index (κ2) is 7.22. The fourth-order valence-corrected chi connectivity index (χ4v) is 3.98. The molecule has 148 valence electrons. The molecule has 0 saturated heterocycles. The maximum absolute atomic E-state index is 13.1. The fraction of sp³-hybridized carbons (Fsp3) is 0.125. The van der Waals surface area contributed by atoms with Gasteiger partial charge >= 0.3 is 0 Å². The van der Waals surface area contributed by atoms with Crippen molar-refractivity contribution in [3.8, 4) is 0 Å². The first-order chi connectivity index (χ1) is 14.6. The van der Waals surface area contributed by atoms with E-state index in [0.29, 0.717) is 22.5 Å². The third-order valence-corrected chi connectivity index (χ3v) is 5.39. The Morgan fingerprint density at radius 3 is 2.73 bits per heavy atom. The standard InChI is InChI=1S/C24H19FN4O/c1-15-14-18-4-2-3-5-20(18)29(15)24-27-22-21(23(30)28-24)17(12-13-26-22)9-6-16-7-10-19(25)11-8-16/h2-13,15H,14H2,1H3,(H,26,27,28,30)/b9-6+/t15-/m0/s1. The normalized spacial score (nSPS) is 15.8. The average molecular weight is 398 g/mol. The van der Waals surface area contributed by atoms with Crippen molar-refractivity contribution >= 4 is 34.8 Å². The predicted octanol–water partition coefficient (Wildman–Crippen LogP) is 4.71. The predicted molar refractivity (Wildman–Crippen MR) is 117 cm³/mol. The van der Waals surface area contributed by atoms with Gasteiger partial charge in [-0.15, -0.1) is 0 Å². The van der Waals surface area contributed by atoms with Gasteiger partial charge < -0.3 is 4.90 Å². The summed E-state index contributed by atoms with van der Waals surface area (Å²) in [6.07, 6.45) is 6.19. The number of para-hydroxylation sites is 1. The molecule has 1 atom stereocenters. The van der Waals surface area contributed by atoms with Crippen molar-refractivity contribution in [2.24, 2.45) is 0 Å². The number of hydrogen-bond acceptors (Lipinski definition) is 4. The molecule has 0 radical (unpaired) electrons. The van der Waals surface area contributed by atoms with Crippen LogP contribution in [0.25, 0.3) is 23.2 Å². The van der Waals surface area contributed by atoms with Gasteiger partial charge in [0.2, 0.25) is 5.95 Å². The molecular weight excluding hydrogens is 379 g/mol. The molecule has 4 aromatic rings.